The molecule has 100 valence electrons. The molecule has 0 aromatic heterocycles. The number of fused-ring (bicyclic) bond motifs is 7. The summed E-state index contributed by atoms with van der Waals surface area (Å²) in [6, 6.07) is 4.06. The van der Waals surface area contributed by atoms with E-state index in [1.54, 1.807) is 0 Å². The first-order valence-corrected chi connectivity index (χ1v) is 7.38. The van der Waals surface area contributed by atoms with Crippen LogP contribution in [0.25, 0.3) is 0 Å². The highest BCUT2D eigenvalue weighted by Crippen LogP contribution is 2.60. The molecule has 0 unspecified atom stereocenters. The van der Waals surface area contributed by atoms with Gasteiger partial charge in [0, 0.05) is 29.2 Å². The van der Waals surface area contributed by atoms with Crippen molar-refractivity contribution < 1.29 is 0 Å². The van der Waals surface area contributed by atoms with E-state index in [9.17, 15) is 0 Å². The standard InChI is InChI=1S/C16H21N3/c1-8(17)14-12(18)4-5-13-16(14)15-10-3-2-9(6-10)11(15)7-19-13/h4-5,9-11,15,17,19H,2-3,6-7,18H2,1H3/t9-,10+,11+,15-/m0/s1. The Balaban J connectivity index is 1.92. The fourth-order valence-electron chi connectivity index (χ4n) is 4.94. The molecule has 4 N–H and O–H groups in total. The van der Waals surface area contributed by atoms with Crippen molar-refractivity contribution in [3.63, 3.8) is 0 Å². The molecule has 1 aliphatic heterocycles. The second kappa shape index (κ2) is 3.75. The van der Waals surface area contributed by atoms with Crippen LogP contribution >= 0.6 is 0 Å². The van der Waals surface area contributed by atoms with Crippen LogP contribution in [0.2, 0.25) is 0 Å². The summed E-state index contributed by atoms with van der Waals surface area (Å²) in [6.45, 7) is 2.97. The zero-order chi connectivity index (χ0) is 13.1. The van der Waals surface area contributed by atoms with Crippen molar-refractivity contribution in [2.45, 2.75) is 32.1 Å². The van der Waals surface area contributed by atoms with Crippen LogP contribution in [0, 0.1) is 23.2 Å². The van der Waals surface area contributed by atoms with E-state index in [1.807, 2.05) is 13.0 Å². The van der Waals surface area contributed by atoms with Gasteiger partial charge in [-0.25, -0.2) is 0 Å². The van der Waals surface area contributed by atoms with E-state index in [4.69, 9.17) is 11.1 Å². The van der Waals surface area contributed by atoms with Gasteiger partial charge in [0.2, 0.25) is 0 Å². The zero-order valence-corrected chi connectivity index (χ0v) is 11.4. The third-order valence-electron chi connectivity index (χ3n) is 5.60. The Hall–Kier alpha value is -1.51. The maximum atomic E-state index is 8.09. The summed E-state index contributed by atoms with van der Waals surface area (Å²) in [5, 5.41) is 11.7. The van der Waals surface area contributed by atoms with Crippen LogP contribution in [0.15, 0.2) is 12.1 Å². The maximum Gasteiger partial charge on any atom is 0.0410 e. The minimum absolute atomic E-state index is 0.611. The van der Waals surface area contributed by atoms with E-state index >= 15 is 0 Å². The van der Waals surface area contributed by atoms with Crippen molar-refractivity contribution in [2.75, 3.05) is 17.6 Å². The van der Waals surface area contributed by atoms with Crippen LogP contribution in [0.1, 0.15) is 43.2 Å². The second-order valence-electron chi connectivity index (χ2n) is 6.52. The molecule has 0 spiro atoms. The fraction of sp³-hybridized carbons (Fsp3) is 0.562. The lowest BCUT2D eigenvalue weighted by atomic mass is 9.71. The Kier molecular flexibility index (Phi) is 2.23. The Bertz CT molecular complexity index is 563. The molecule has 1 aromatic rings. The molecule has 2 fully saturated rings. The average molecular weight is 255 g/mol. The highest BCUT2D eigenvalue weighted by molar-refractivity contribution is 6.04. The first-order chi connectivity index (χ1) is 9.16. The van der Waals surface area contributed by atoms with E-state index < -0.39 is 0 Å². The van der Waals surface area contributed by atoms with Gasteiger partial charge in [-0.2, -0.15) is 0 Å². The quantitative estimate of drug-likeness (QED) is 0.533. The lowest BCUT2D eigenvalue weighted by Crippen LogP contribution is -2.33. The molecular formula is C16H21N3. The Labute approximate surface area is 114 Å². The van der Waals surface area contributed by atoms with Gasteiger partial charge >= 0.3 is 0 Å². The number of nitrogens with two attached hydrogens (primary N) is 1. The Morgan fingerprint density at radius 2 is 2.11 bits per heavy atom. The summed E-state index contributed by atoms with van der Waals surface area (Å²) in [4.78, 5) is 0. The molecular weight excluding hydrogens is 234 g/mol. The van der Waals surface area contributed by atoms with E-state index in [1.165, 1.54) is 30.5 Å². The molecule has 3 nitrogen and oxygen atoms in total. The summed E-state index contributed by atoms with van der Waals surface area (Å²) < 4.78 is 0. The monoisotopic (exact) mass is 255 g/mol. The molecule has 19 heavy (non-hydrogen) atoms. The van der Waals surface area contributed by atoms with Crippen molar-refractivity contribution in [2.24, 2.45) is 17.8 Å². The molecule has 2 saturated carbocycles. The summed E-state index contributed by atoms with van der Waals surface area (Å²) in [5.74, 6) is 3.15. The first kappa shape index (κ1) is 11.3. The molecule has 1 heterocycles. The second-order valence-corrected chi connectivity index (χ2v) is 6.52. The van der Waals surface area contributed by atoms with E-state index in [0.717, 1.165) is 35.5 Å². The lowest BCUT2D eigenvalue weighted by molar-refractivity contribution is 0.294. The molecule has 4 atom stereocenters. The molecule has 0 radical (unpaired) electrons. The third-order valence-corrected chi connectivity index (χ3v) is 5.60. The zero-order valence-electron chi connectivity index (χ0n) is 11.4. The largest absolute Gasteiger partial charge is 0.398 e. The maximum absolute atomic E-state index is 8.09. The fourth-order valence-corrected chi connectivity index (χ4v) is 4.94. The van der Waals surface area contributed by atoms with E-state index in [2.05, 4.69) is 11.4 Å². The summed E-state index contributed by atoms with van der Waals surface area (Å²) in [7, 11) is 0. The number of nitrogens with one attached hydrogen (secondary N) is 2. The smallest absolute Gasteiger partial charge is 0.0410 e. The molecule has 2 bridgehead atoms. The molecule has 3 heteroatoms. The average Bonchev–Trinajstić information content (AvgIpc) is 2.99. The van der Waals surface area contributed by atoms with Crippen molar-refractivity contribution in [1.29, 1.82) is 5.41 Å². The molecule has 1 aromatic carbocycles. The number of benzene rings is 1. The summed E-state index contributed by atoms with van der Waals surface area (Å²) >= 11 is 0. The van der Waals surface area contributed by atoms with Crippen molar-refractivity contribution >= 4 is 17.1 Å². The molecule has 0 amide bonds. The van der Waals surface area contributed by atoms with Gasteiger partial charge in [-0.1, -0.05) is 0 Å². The van der Waals surface area contributed by atoms with Crippen LogP contribution < -0.4 is 11.1 Å². The van der Waals surface area contributed by atoms with Gasteiger partial charge in [-0.05, 0) is 67.6 Å². The van der Waals surface area contributed by atoms with E-state index in [-0.39, 0.29) is 0 Å². The molecule has 0 saturated heterocycles. The van der Waals surface area contributed by atoms with Gasteiger partial charge in [-0.15, -0.1) is 0 Å². The highest BCUT2D eigenvalue weighted by atomic mass is 14.9. The van der Waals surface area contributed by atoms with Gasteiger partial charge in [0.25, 0.3) is 0 Å². The SMILES string of the molecule is CC(=N)c1c(N)ccc2c1[C@H]1[C@@H]3CC[C@@H](C3)[C@H]1CN2. The predicted octanol–water partition coefficient (Wildman–Crippen LogP) is 3.21. The van der Waals surface area contributed by atoms with Crippen LogP contribution in [0.4, 0.5) is 11.4 Å². The minimum Gasteiger partial charge on any atom is -0.398 e. The van der Waals surface area contributed by atoms with Crippen LogP contribution in [-0.2, 0) is 0 Å². The number of nitrogen functional groups attached to an aromatic ring is 1. The Morgan fingerprint density at radius 3 is 2.89 bits per heavy atom. The highest BCUT2D eigenvalue weighted by Gasteiger charge is 2.50. The van der Waals surface area contributed by atoms with Gasteiger partial charge in [0.05, 0.1) is 0 Å². The number of hydrogen-bond donors (Lipinski definition) is 3. The lowest BCUT2D eigenvalue weighted by Gasteiger charge is -2.39. The molecule has 3 aliphatic rings. The topological polar surface area (TPSA) is 61.9 Å². The van der Waals surface area contributed by atoms with Crippen LogP contribution in [0.3, 0.4) is 0 Å². The third kappa shape index (κ3) is 1.41. The number of hydrogen-bond acceptors (Lipinski definition) is 3. The number of rotatable bonds is 1. The van der Waals surface area contributed by atoms with Crippen molar-refractivity contribution in [1.82, 2.24) is 0 Å². The normalized spacial score (nSPS) is 34.6. The van der Waals surface area contributed by atoms with Gasteiger partial charge in [0.1, 0.15) is 0 Å². The first-order valence-electron chi connectivity index (χ1n) is 7.38. The van der Waals surface area contributed by atoms with Gasteiger partial charge in [0.15, 0.2) is 0 Å². The summed E-state index contributed by atoms with van der Waals surface area (Å²) in [5.41, 5.74) is 11.1. The Morgan fingerprint density at radius 1 is 1.32 bits per heavy atom. The number of anilines is 2. The van der Waals surface area contributed by atoms with E-state index in [0.29, 0.717) is 11.6 Å². The van der Waals surface area contributed by atoms with Crippen LogP contribution in [0.5, 0.6) is 0 Å². The van der Waals surface area contributed by atoms with Gasteiger partial charge in [-0.3, -0.25) is 0 Å². The molecule has 4 rings (SSSR count). The minimum atomic E-state index is 0.611. The van der Waals surface area contributed by atoms with Crippen molar-refractivity contribution in [3.8, 4) is 0 Å². The summed E-state index contributed by atoms with van der Waals surface area (Å²) in [6.07, 6.45) is 4.17. The van der Waals surface area contributed by atoms with Crippen molar-refractivity contribution in [3.05, 3.63) is 23.3 Å². The molecule has 2 aliphatic carbocycles. The van der Waals surface area contributed by atoms with Crippen LogP contribution in [-0.4, -0.2) is 12.3 Å². The van der Waals surface area contributed by atoms with Gasteiger partial charge < -0.3 is 16.5 Å². The predicted molar refractivity (Wildman–Crippen MR) is 78.9 cm³/mol.